The zero-order chi connectivity index (χ0) is 14.3. The molecule has 1 atom stereocenters. The largest absolute Gasteiger partial charge is 0.342 e. The molecule has 114 valence electrons. The van der Waals surface area contributed by atoms with E-state index >= 15 is 0 Å². The van der Waals surface area contributed by atoms with Gasteiger partial charge >= 0.3 is 0 Å². The molecule has 0 aromatic carbocycles. The first-order valence-electron chi connectivity index (χ1n) is 8.19. The Labute approximate surface area is 125 Å². The van der Waals surface area contributed by atoms with Gasteiger partial charge in [0.1, 0.15) is 0 Å². The van der Waals surface area contributed by atoms with Crippen LogP contribution in [0.5, 0.6) is 0 Å². The highest BCUT2D eigenvalue weighted by Gasteiger charge is 2.54. The lowest BCUT2D eigenvalue weighted by molar-refractivity contribution is -0.137. The molecule has 3 heterocycles. The van der Waals surface area contributed by atoms with E-state index in [2.05, 4.69) is 15.3 Å². The molecule has 5 heteroatoms. The van der Waals surface area contributed by atoms with Gasteiger partial charge in [-0.3, -0.25) is 9.48 Å². The van der Waals surface area contributed by atoms with Crippen LogP contribution in [0.25, 0.3) is 0 Å². The molecule has 2 saturated heterocycles. The van der Waals surface area contributed by atoms with Crippen molar-refractivity contribution in [2.75, 3.05) is 26.2 Å². The molecule has 0 radical (unpaired) electrons. The lowest BCUT2D eigenvalue weighted by Gasteiger charge is -2.34. The summed E-state index contributed by atoms with van der Waals surface area (Å²) in [7, 11) is 0. The van der Waals surface area contributed by atoms with Crippen LogP contribution in [0.4, 0.5) is 0 Å². The summed E-state index contributed by atoms with van der Waals surface area (Å²) in [5.41, 5.74) is 0.204. The number of likely N-dealkylation sites (tertiary alicyclic amines) is 1. The molecular formula is C16H24N4O. The van der Waals surface area contributed by atoms with Gasteiger partial charge < -0.3 is 10.2 Å². The smallest absolute Gasteiger partial charge is 0.230 e. The fourth-order valence-corrected chi connectivity index (χ4v) is 4.12. The average Bonchev–Trinajstić information content (AvgIpc) is 2.92. The van der Waals surface area contributed by atoms with Crippen LogP contribution in [0.3, 0.4) is 0 Å². The van der Waals surface area contributed by atoms with Crippen molar-refractivity contribution < 1.29 is 4.79 Å². The Hall–Kier alpha value is -1.36. The van der Waals surface area contributed by atoms with E-state index in [0.29, 0.717) is 11.3 Å². The van der Waals surface area contributed by atoms with Gasteiger partial charge in [0.05, 0.1) is 12.0 Å². The highest BCUT2D eigenvalue weighted by atomic mass is 16.2. The summed E-state index contributed by atoms with van der Waals surface area (Å²) in [6, 6.07) is 1.93. The summed E-state index contributed by atoms with van der Waals surface area (Å²) in [6.07, 6.45) is 9.49. The molecule has 3 aliphatic rings. The van der Waals surface area contributed by atoms with Gasteiger partial charge in [-0.15, -0.1) is 0 Å². The number of nitrogens with zero attached hydrogens (tertiary/aromatic N) is 3. The van der Waals surface area contributed by atoms with E-state index in [1.165, 1.54) is 19.3 Å². The van der Waals surface area contributed by atoms with Gasteiger partial charge in [0, 0.05) is 37.4 Å². The van der Waals surface area contributed by atoms with Crippen LogP contribution >= 0.6 is 0 Å². The van der Waals surface area contributed by atoms with Crippen LogP contribution in [0, 0.1) is 10.8 Å². The fraction of sp³-hybridized carbons (Fsp3) is 0.750. The van der Waals surface area contributed by atoms with E-state index in [-0.39, 0.29) is 5.41 Å². The quantitative estimate of drug-likeness (QED) is 0.911. The monoisotopic (exact) mass is 288 g/mol. The molecule has 1 aromatic rings. The number of hydrogen-bond acceptors (Lipinski definition) is 3. The predicted molar refractivity (Wildman–Crippen MR) is 79.6 cm³/mol. The van der Waals surface area contributed by atoms with E-state index < -0.39 is 0 Å². The summed E-state index contributed by atoms with van der Waals surface area (Å²) in [5.74, 6) is 0.375. The highest BCUT2D eigenvalue weighted by Crippen LogP contribution is 2.50. The van der Waals surface area contributed by atoms with Gasteiger partial charge in [-0.1, -0.05) is 0 Å². The maximum Gasteiger partial charge on any atom is 0.230 e. The Kier molecular flexibility index (Phi) is 3.06. The first-order chi connectivity index (χ1) is 10.2. The molecule has 21 heavy (non-hydrogen) atoms. The zero-order valence-corrected chi connectivity index (χ0v) is 12.6. The van der Waals surface area contributed by atoms with Gasteiger partial charge in [-0.2, -0.15) is 5.10 Å². The van der Waals surface area contributed by atoms with Gasteiger partial charge in [-0.25, -0.2) is 0 Å². The number of nitrogens with one attached hydrogen (secondary N) is 1. The number of rotatable bonds is 3. The van der Waals surface area contributed by atoms with Crippen LogP contribution in [0.15, 0.2) is 18.5 Å². The Bertz CT molecular complexity index is 514. The second-order valence-corrected chi connectivity index (χ2v) is 7.24. The molecule has 0 unspecified atom stereocenters. The second-order valence-electron chi connectivity index (χ2n) is 7.24. The highest BCUT2D eigenvalue weighted by molar-refractivity contribution is 5.85. The summed E-state index contributed by atoms with van der Waals surface area (Å²) >= 11 is 0. The molecule has 2 aliphatic heterocycles. The van der Waals surface area contributed by atoms with E-state index in [4.69, 9.17) is 0 Å². The Morgan fingerprint density at radius 1 is 1.29 bits per heavy atom. The van der Waals surface area contributed by atoms with Crippen LogP contribution in [0.1, 0.15) is 32.1 Å². The van der Waals surface area contributed by atoms with E-state index in [9.17, 15) is 4.79 Å². The Morgan fingerprint density at radius 3 is 2.86 bits per heavy atom. The lowest BCUT2D eigenvalue weighted by atomic mass is 9.80. The average molecular weight is 288 g/mol. The van der Waals surface area contributed by atoms with Crippen molar-refractivity contribution in [2.45, 2.75) is 38.6 Å². The van der Waals surface area contributed by atoms with Crippen LogP contribution in [-0.4, -0.2) is 46.8 Å². The number of carbonyl (C=O) groups excluding carboxylic acids is 1. The van der Waals surface area contributed by atoms with Crippen molar-refractivity contribution in [3.63, 3.8) is 0 Å². The number of hydrogen-bond donors (Lipinski definition) is 1. The molecule has 5 nitrogen and oxygen atoms in total. The molecule has 1 N–H and O–H groups in total. The molecule has 0 bridgehead atoms. The standard InChI is InChI=1S/C16H24N4O/c21-14(16(4-5-16)13-20-9-2-8-18-20)19-10-6-15(12-19)3-1-7-17-11-15/h2,8-9,17H,1,3-7,10-13H2/t15-/m0/s1. The van der Waals surface area contributed by atoms with Crippen molar-refractivity contribution in [1.82, 2.24) is 20.0 Å². The van der Waals surface area contributed by atoms with E-state index in [1.807, 2.05) is 16.9 Å². The van der Waals surface area contributed by atoms with Gasteiger partial charge in [0.25, 0.3) is 0 Å². The Morgan fingerprint density at radius 2 is 2.19 bits per heavy atom. The molecule has 1 aliphatic carbocycles. The molecular weight excluding hydrogens is 264 g/mol. The normalized spacial score (nSPS) is 30.8. The topological polar surface area (TPSA) is 50.2 Å². The van der Waals surface area contributed by atoms with E-state index in [1.54, 1.807) is 6.20 Å². The van der Waals surface area contributed by atoms with E-state index in [0.717, 1.165) is 45.6 Å². The molecule has 1 saturated carbocycles. The van der Waals surface area contributed by atoms with Gasteiger partial charge in [0.15, 0.2) is 0 Å². The third-order valence-electron chi connectivity index (χ3n) is 5.62. The molecule has 1 spiro atoms. The first-order valence-corrected chi connectivity index (χ1v) is 8.19. The summed E-state index contributed by atoms with van der Waals surface area (Å²) in [4.78, 5) is 15.1. The minimum Gasteiger partial charge on any atom is -0.342 e. The zero-order valence-electron chi connectivity index (χ0n) is 12.6. The van der Waals surface area contributed by atoms with Crippen molar-refractivity contribution in [3.05, 3.63) is 18.5 Å². The number of piperidine rings is 1. The summed E-state index contributed by atoms with van der Waals surface area (Å²) in [5, 5.41) is 7.79. The van der Waals surface area contributed by atoms with Crippen molar-refractivity contribution in [3.8, 4) is 0 Å². The molecule has 1 aromatic heterocycles. The first kappa shape index (κ1) is 13.3. The maximum absolute atomic E-state index is 12.9. The van der Waals surface area contributed by atoms with Crippen LogP contribution < -0.4 is 5.32 Å². The number of aromatic nitrogens is 2. The SMILES string of the molecule is O=C(N1CC[C@]2(CCCNC2)C1)C1(Cn2cccn2)CC1. The van der Waals surface area contributed by atoms with Gasteiger partial charge in [0.2, 0.25) is 5.91 Å². The van der Waals surface area contributed by atoms with Crippen molar-refractivity contribution in [1.29, 1.82) is 0 Å². The molecule has 4 rings (SSSR count). The second kappa shape index (κ2) is 4.83. The summed E-state index contributed by atoms with van der Waals surface area (Å²) in [6.45, 7) is 4.88. The van der Waals surface area contributed by atoms with Crippen molar-refractivity contribution in [2.24, 2.45) is 10.8 Å². The number of carbonyl (C=O) groups is 1. The third kappa shape index (κ3) is 2.37. The van der Waals surface area contributed by atoms with Crippen LogP contribution in [-0.2, 0) is 11.3 Å². The molecule has 1 amide bonds. The molecule has 3 fully saturated rings. The summed E-state index contributed by atoms with van der Waals surface area (Å²) < 4.78 is 1.92. The third-order valence-corrected chi connectivity index (χ3v) is 5.62. The predicted octanol–water partition coefficient (Wildman–Crippen LogP) is 1.27. The number of amides is 1. The van der Waals surface area contributed by atoms with Gasteiger partial charge in [-0.05, 0) is 44.7 Å². The fourth-order valence-electron chi connectivity index (χ4n) is 4.12. The minimum absolute atomic E-state index is 0.153. The minimum atomic E-state index is -0.153. The van der Waals surface area contributed by atoms with Crippen LogP contribution in [0.2, 0.25) is 0 Å². The lowest BCUT2D eigenvalue weighted by Crippen LogP contribution is -2.44. The Balaban J connectivity index is 1.43. The maximum atomic E-state index is 12.9. The van der Waals surface area contributed by atoms with Crippen molar-refractivity contribution >= 4 is 5.91 Å².